The van der Waals surface area contributed by atoms with Gasteiger partial charge < -0.3 is 20.1 Å². The lowest BCUT2D eigenvalue weighted by Crippen LogP contribution is -2.43. The Hall–Kier alpha value is -2.31. The summed E-state index contributed by atoms with van der Waals surface area (Å²) in [5.41, 5.74) is 1.70. The lowest BCUT2D eigenvalue weighted by Gasteiger charge is -2.29. The van der Waals surface area contributed by atoms with E-state index in [2.05, 4.69) is 5.32 Å². The van der Waals surface area contributed by atoms with Crippen molar-refractivity contribution >= 4 is 12.0 Å². The van der Waals surface area contributed by atoms with Gasteiger partial charge in [0.15, 0.2) is 11.6 Å². The number of hydrogen-bond donors (Lipinski definition) is 2. The lowest BCUT2D eigenvalue weighted by molar-refractivity contribution is -0.136. The number of carboxylic acid groups (broad SMARTS) is 1. The molecule has 0 atom stereocenters. The highest BCUT2D eigenvalue weighted by molar-refractivity contribution is 5.75. The van der Waals surface area contributed by atoms with Crippen LogP contribution in [0.1, 0.15) is 17.5 Å². The smallest absolute Gasteiger partial charge is 0.317 e. The molecule has 0 aliphatic carbocycles. The molecule has 21 heavy (non-hydrogen) atoms. The van der Waals surface area contributed by atoms with E-state index in [9.17, 15) is 14.0 Å². The highest BCUT2D eigenvalue weighted by Crippen LogP contribution is 2.26. The molecule has 0 fully saturated rings. The SMILES string of the molecule is COc1cc2c(cc1F)CN(C(=O)NCCC(=O)O)CC2. The first-order valence-corrected chi connectivity index (χ1v) is 6.61. The van der Waals surface area contributed by atoms with Gasteiger partial charge in [-0.1, -0.05) is 0 Å². The number of methoxy groups -OCH3 is 1. The zero-order valence-electron chi connectivity index (χ0n) is 11.7. The van der Waals surface area contributed by atoms with Crippen LogP contribution in [0, 0.1) is 5.82 Å². The highest BCUT2D eigenvalue weighted by Gasteiger charge is 2.22. The van der Waals surface area contributed by atoms with Crippen molar-refractivity contribution in [2.24, 2.45) is 0 Å². The minimum atomic E-state index is -0.964. The molecule has 0 saturated heterocycles. The van der Waals surface area contributed by atoms with E-state index in [1.165, 1.54) is 18.1 Å². The third-order valence-corrected chi connectivity index (χ3v) is 3.39. The Labute approximate surface area is 121 Å². The summed E-state index contributed by atoms with van der Waals surface area (Å²) in [5.74, 6) is -1.22. The van der Waals surface area contributed by atoms with Crippen LogP contribution in [0.25, 0.3) is 0 Å². The quantitative estimate of drug-likeness (QED) is 0.879. The molecule has 2 rings (SSSR count). The Kier molecular flexibility index (Phi) is 4.62. The van der Waals surface area contributed by atoms with Gasteiger partial charge in [0.05, 0.1) is 13.5 Å². The molecule has 114 valence electrons. The third kappa shape index (κ3) is 3.62. The largest absolute Gasteiger partial charge is 0.494 e. The van der Waals surface area contributed by atoms with Crippen molar-refractivity contribution in [2.45, 2.75) is 19.4 Å². The molecule has 2 N–H and O–H groups in total. The number of carbonyl (C=O) groups excluding carboxylic acids is 1. The van der Waals surface area contributed by atoms with Crippen molar-refractivity contribution < 1.29 is 23.8 Å². The predicted octanol–water partition coefficient (Wildman–Crippen LogP) is 1.38. The summed E-state index contributed by atoms with van der Waals surface area (Å²) in [6, 6.07) is 2.70. The fourth-order valence-electron chi connectivity index (χ4n) is 2.27. The van der Waals surface area contributed by atoms with Gasteiger partial charge in [0.25, 0.3) is 0 Å². The molecule has 1 aliphatic rings. The summed E-state index contributed by atoms with van der Waals surface area (Å²) in [6.07, 6.45) is 0.486. The van der Waals surface area contributed by atoms with E-state index in [4.69, 9.17) is 9.84 Å². The van der Waals surface area contributed by atoms with Gasteiger partial charge in [-0.3, -0.25) is 4.79 Å². The number of fused-ring (bicyclic) bond motifs is 1. The van der Waals surface area contributed by atoms with Gasteiger partial charge in [0.2, 0.25) is 0 Å². The fourth-order valence-corrected chi connectivity index (χ4v) is 2.27. The van der Waals surface area contributed by atoms with Gasteiger partial charge in [0, 0.05) is 19.6 Å². The van der Waals surface area contributed by atoms with Gasteiger partial charge in [-0.05, 0) is 29.7 Å². The van der Waals surface area contributed by atoms with E-state index in [0.717, 1.165) is 11.1 Å². The first kappa shape index (κ1) is 15.1. The topological polar surface area (TPSA) is 78.9 Å². The molecule has 1 aromatic rings. The molecule has 0 aromatic heterocycles. The number of halogens is 1. The molecule has 2 amide bonds. The number of amides is 2. The van der Waals surface area contributed by atoms with Crippen LogP contribution in [0.5, 0.6) is 5.75 Å². The van der Waals surface area contributed by atoms with Crippen molar-refractivity contribution in [1.29, 1.82) is 0 Å². The summed E-state index contributed by atoms with van der Waals surface area (Å²) in [4.78, 5) is 23.8. The predicted molar refractivity (Wildman–Crippen MR) is 72.7 cm³/mol. The van der Waals surface area contributed by atoms with Crippen LogP contribution in [0.15, 0.2) is 12.1 Å². The Morgan fingerprint density at radius 2 is 2.19 bits per heavy atom. The summed E-state index contributed by atoms with van der Waals surface area (Å²) in [6.45, 7) is 0.879. The maximum Gasteiger partial charge on any atom is 0.317 e. The number of urea groups is 1. The maximum absolute atomic E-state index is 13.7. The molecule has 1 aromatic carbocycles. The van der Waals surface area contributed by atoms with E-state index < -0.39 is 11.8 Å². The van der Waals surface area contributed by atoms with E-state index >= 15 is 0 Å². The van der Waals surface area contributed by atoms with Crippen molar-refractivity contribution in [3.8, 4) is 5.75 Å². The van der Waals surface area contributed by atoms with Gasteiger partial charge in [-0.15, -0.1) is 0 Å². The number of rotatable bonds is 4. The first-order chi connectivity index (χ1) is 10.0. The van der Waals surface area contributed by atoms with Crippen molar-refractivity contribution in [1.82, 2.24) is 10.2 Å². The summed E-state index contributed by atoms with van der Waals surface area (Å²) in [5, 5.41) is 11.1. The van der Waals surface area contributed by atoms with Gasteiger partial charge in [-0.2, -0.15) is 0 Å². The fraction of sp³-hybridized carbons (Fsp3) is 0.429. The molecule has 0 spiro atoms. The summed E-state index contributed by atoms with van der Waals surface area (Å²) >= 11 is 0. The molecule has 0 saturated carbocycles. The van der Waals surface area contributed by atoms with E-state index in [-0.39, 0.29) is 24.7 Å². The monoisotopic (exact) mass is 296 g/mol. The van der Waals surface area contributed by atoms with Crippen LogP contribution in [0.4, 0.5) is 9.18 Å². The Balaban J connectivity index is 2.00. The molecule has 0 radical (unpaired) electrons. The van der Waals surface area contributed by atoms with Crippen molar-refractivity contribution in [3.63, 3.8) is 0 Å². The molecule has 0 unspecified atom stereocenters. The zero-order chi connectivity index (χ0) is 15.4. The minimum Gasteiger partial charge on any atom is -0.494 e. The van der Waals surface area contributed by atoms with E-state index in [0.29, 0.717) is 19.5 Å². The maximum atomic E-state index is 13.7. The molecular formula is C14H17FN2O4. The van der Waals surface area contributed by atoms with Crippen LogP contribution >= 0.6 is 0 Å². The summed E-state index contributed by atoms with van der Waals surface area (Å²) in [7, 11) is 1.41. The number of aliphatic carboxylic acids is 1. The second kappa shape index (κ2) is 6.43. The molecular weight excluding hydrogens is 279 g/mol. The van der Waals surface area contributed by atoms with Crippen molar-refractivity contribution in [3.05, 3.63) is 29.1 Å². The highest BCUT2D eigenvalue weighted by atomic mass is 19.1. The number of carboxylic acids is 1. The van der Waals surface area contributed by atoms with Crippen LogP contribution in [0.2, 0.25) is 0 Å². The Bertz CT molecular complexity index is 562. The molecule has 6 nitrogen and oxygen atoms in total. The average molecular weight is 296 g/mol. The number of carbonyl (C=O) groups is 2. The second-order valence-corrected chi connectivity index (χ2v) is 4.80. The van der Waals surface area contributed by atoms with Crippen LogP contribution in [-0.4, -0.2) is 42.2 Å². The molecule has 0 bridgehead atoms. The number of hydrogen-bond acceptors (Lipinski definition) is 3. The van der Waals surface area contributed by atoms with Gasteiger partial charge in [-0.25, -0.2) is 9.18 Å². The lowest BCUT2D eigenvalue weighted by atomic mass is 9.99. The number of nitrogens with zero attached hydrogens (tertiary/aromatic N) is 1. The molecule has 1 aliphatic heterocycles. The Morgan fingerprint density at radius 3 is 2.86 bits per heavy atom. The molecule has 1 heterocycles. The first-order valence-electron chi connectivity index (χ1n) is 6.61. The normalized spacial score (nSPS) is 13.5. The Morgan fingerprint density at radius 1 is 1.43 bits per heavy atom. The second-order valence-electron chi connectivity index (χ2n) is 4.80. The van der Waals surface area contributed by atoms with Gasteiger partial charge in [0.1, 0.15) is 0 Å². The third-order valence-electron chi connectivity index (χ3n) is 3.39. The standard InChI is InChI=1S/C14H17FN2O4/c1-21-12-7-9-3-5-17(8-10(9)6-11(12)15)14(20)16-4-2-13(18)19/h6-7H,2-5,8H2,1H3,(H,16,20)(H,18,19). The van der Waals surface area contributed by atoms with E-state index in [1.807, 2.05) is 0 Å². The van der Waals surface area contributed by atoms with Crippen LogP contribution in [-0.2, 0) is 17.8 Å². The van der Waals surface area contributed by atoms with E-state index in [1.54, 1.807) is 6.07 Å². The number of ether oxygens (including phenoxy) is 1. The van der Waals surface area contributed by atoms with Gasteiger partial charge >= 0.3 is 12.0 Å². The zero-order valence-corrected chi connectivity index (χ0v) is 11.7. The molecule has 7 heteroatoms. The number of nitrogens with one attached hydrogen (secondary N) is 1. The average Bonchev–Trinajstić information content (AvgIpc) is 2.45. The minimum absolute atomic E-state index is 0.0779. The van der Waals surface area contributed by atoms with Crippen LogP contribution < -0.4 is 10.1 Å². The summed E-state index contributed by atoms with van der Waals surface area (Å²) < 4.78 is 18.6. The number of benzene rings is 1. The van der Waals surface area contributed by atoms with Crippen LogP contribution in [0.3, 0.4) is 0 Å². The van der Waals surface area contributed by atoms with Crippen molar-refractivity contribution in [2.75, 3.05) is 20.2 Å².